The molecule has 0 bridgehead atoms. The molecule has 0 fully saturated rings. The quantitative estimate of drug-likeness (QED) is 0.161. The molecule has 4 aliphatic heterocycles. The number of fused-ring (bicyclic) bond motifs is 14. The molecular formula is C68H51B2N3O3. The number of aromatic nitrogens is 2. The maximum absolute atomic E-state index is 7.45. The van der Waals surface area contributed by atoms with E-state index in [2.05, 4.69) is 256 Å². The summed E-state index contributed by atoms with van der Waals surface area (Å²) in [5.74, 6) is 4.69. The summed E-state index contributed by atoms with van der Waals surface area (Å²) in [6.07, 6.45) is 0. The molecule has 6 heterocycles. The summed E-state index contributed by atoms with van der Waals surface area (Å²) in [5, 5.41) is 4.93. The average Bonchev–Trinajstić information content (AvgIpc) is 4.08. The van der Waals surface area contributed by atoms with E-state index in [1.165, 1.54) is 71.1 Å². The monoisotopic (exact) mass is 979 g/mol. The number of rotatable bonds is 5. The predicted molar refractivity (Wildman–Crippen MR) is 316 cm³/mol. The van der Waals surface area contributed by atoms with Gasteiger partial charge in [-0.25, -0.2) is 0 Å². The number of anilines is 3. The van der Waals surface area contributed by atoms with Gasteiger partial charge >= 0.3 is 0 Å². The van der Waals surface area contributed by atoms with Crippen LogP contribution in [0.25, 0.3) is 55.0 Å². The van der Waals surface area contributed by atoms with E-state index in [1.54, 1.807) is 0 Å². The third kappa shape index (κ3) is 6.12. The first-order valence-electron chi connectivity index (χ1n) is 26.6. The maximum Gasteiger partial charge on any atom is 0.256 e. The molecule has 0 N–H and O–H groups in total. The molecule has 6 nitrogen and oxygen atoms in total. The summed E-state index contributed by atoms with van der Waals surface area (Å²) in [6, 6.07) is 73.0. The van der Waals surface area contributed by atoms with Crippen LogP contribution in [-0.2, 0) is 10.8 Å². The van der Waals surface area contributed by atoms with Gasteiger partial charge in [0.1, 0.15) is 34.5 Å². The maximum atomic E-state index is 7.45. The fourth-order valence-corrected chi connectivity index (χ4v) is 13.3. The van der Waals surface area contributed by atoms with Gasteiger partial charge < -0.3 is 28.2 Å². The molecular weight excluding hydrogens is 928 g/mol. The molecule has 8 heteroatoms. The lowest BCUT2D eigenvalue weighted by Crippen LogP contribution is -2.63. The van der Waals surface area contributed by atoms with E-state index in [9.17, 15) is 0 Å². The largest absolute Gasteiger partial charge is 0.458 e. The summed E-state index contributed by atoms with van der Waals surface area (Å²) in [4.78, 5) is 2.45. The van der Waals surface area contributed by atoms with Crippen molar-refractivity contribution in [1.82, 2.24) is 9.13 Å². The van der Waals surface area contributed by atoms with Gasteiger partial charge in [-0.2, -0.15) is 0 Å². The van der Waals surface area contributed by atoms with Crippen LogP contribution in [-0.4, -0.2) is 22.6 Å². The van der Waals surface area contributed by atoms with Crippen molar-refractivity contribution in [1.29, 1.82) is 0 Å². The van der Waals surface area contributed by atoms with E-state index >= 15 is 0 Å². The SMILES string of the molecule is CC(C)(C)c1ccc(Oc2cc3c4c(c2)-n2c5ccccc5c5cccc(c52)B4c2cc4c(cc2O3)N(c2ccccc2)c2cc(Oc3ccc(C(C)(C)C)cc3)cc3c2B4c2cccc4c5ccccc5n-3c24)cc1. The standard InChI is InChI=1S/C68H51B2N3O3/c1-67(2,3)40-26-30-43(31-27-40)74-45-34-58-63-59(35-45)72-55-24-12-10-18-47(55)49-20-14-22-51(65(49)72)69(63)53-38-54-61(39-57(53)71(58)42-16-8-7-9-17-42)76-62-37-46(75-44-32-28-41(29-33-44)68(4,5)6)36-60-64(62)70(54)52-23-15-21-50-48-19-11-13-25-56(48)73(60)66(50)52/h7-39H,1-6H3. The molecule has 12 aromatic rings. The first-order chi connectivity index (χ1) is 36.9. The fourth-order valence-electron chi connectivity index (χ4n) is 13.3. The molecule has 16 rings (SSSR count). The van der Waals surface area contributed by atoms with Gasteiger partial charge in [-0.05, 0) is 103 Å². The molecule has 0 saturated carbocycles. The Kier molecular flexibility index (Phi) is 8.80. The van der Waals surface area contributed by atoms with Crippen LogP contribution < -0.4 is 51.9 Å². The molecule has 4 aliphatic rings. The highest BCUT2D eigenvalue weighted by Crippen LogP contribution is 2.47. The summed E-state index contributed by atoms with van der Waals surface area (Å²) in [7, 11) is 0. The molecule has 0 aliphatic carbocycles. The average molecular weight is 980 g/mol. The molecule has 0 radical (unpaired) electrons. The Bertz CT molecular complexity index is 4470. The summed E-state index contributed by atoms with van der Waals surface area (Å²) < 4.78 is 26.3. The Morgan fingerprint density at radius 2 is 0.855 bits per heavy atom. The lowest BCUT2D eigenvalue weighted by molar-refractivity contribution is 0.462. The number of nitrogens with zero attached hydrogens (tertiary/aromatic N) is 3. The zero-order chi connectivity index (χ0) is 50.9. The molecule has 76 heavy (non-hydrogen) atoms. The number of benzene rings is 10. The number of ether oxygens (including phenoxy) is 3. The van der Waals surface area contributed by atoms with Crippen molar-refractivity contribution >= 4 is 107 Å². The van der Waals surface area contributed by atoms with Crippen LogP contribution in [0.4, 0.5) is 17.1 Å². The van der Waals surface area contributed by atoms with E-state index in [0.717, 1.165) is 79.4 Å². The minimum Gasteiger partial charge on any atom is -0.458 e. The smallest absolute Gasteiger partial charge is 0.256 e. The van der Waals surface area contributed by atoms with Crippen LogP contribution >= 0.6 is 0 Å². The van der Waals surface area contributed by atoms with Gasteiger partial charge in [0.2, 0.25) is 0 Å². The first kappa shape index (κ1) is 43.5. The van der Waals surface area contributed by atoms with Crippen molar-refractivity contribution in [2.75, 3.05) is 4.90 Å². The van der Waals surface area contributed by atoms with E-state index in [0.29, 0.717) is 0 Å². The van der Waals surface area contributed by atoms with E-state index in [4.69, 9.17) is 14.2 Å². The van der Waals surface area contributed by atoms with Crippen molar-refractivity contribution < 1.29 is 14.2 Å². The Morgan fingerprint density at radius 1 is 0.368 bits per heavy atom. The van der Waals surface area contributed by atoms with Crippen LogP contribution in [0.15, 0.2) is 200 Å². The van der Waals surface area contributed by atoms with Crippen LogP contribution in [0.1, 0.15) is 52.7 Å². The minimum absolute atomic E-state index is 0.0218. The first-order valence-corrected chi connectivity index (χ1v) is 26.6. The molecule has 10 aromatic carbocycles. The van der Waals surface area contributed by atoms with E-state index < -0.39 is 0 Å². The number of hydrogen-bond acceptors (Lipinski definition) is 4. The molecule has 0 spiro atoms. The molecule has 0 saturated heterocycles. The van der Waals surface area contributed by atoms with Crippen LogP contribution in [0.2, 0.25) is 0 Å². The second kappa shape index (κ2) is 15.4. The third-order valence-electron chi connectivity index (χ3n) is 16.7. The Morgan fingerprint density at radius 3 is 1.42 bits per heavy atom. The molecule has 2 aromatic heterocycles. The zero-order valence-corrected chi connectivity index (χ0v) is 43.3. The van der Waals surface area contributed by atoms with Crippen molar-refractivity contribution in [3.63, 3.8) is 0 Å². The summed E-state index contributed by atoms with van der Waals surface area (Å²) in [5.41, 5.74) is 20.0. The van der Waals surface area contributed by atoms with Crippen LogP contribution in [0.3, 0.4) is 0 Å². The predicted octanol–water partition coefficient (Wildman–Crippen LogP) is 13.6. The second-order valence-corrected chi connectivity index (χ2v) is 23.3. The van der Waals surface area contributed by atoms with Crippen molar-refractivity contribution in [2.24, 2.45) is 0 Å². The van der Waals surface area contributed by atoms with Gasteiger partial charge in [-0.15, -0.1) is 0 Å². The van der Waals surface area contributed by atoms with E-state index in [-0.39, 0.29) is 24.3 Å². The molecule has 362 valence electrons. The van der Waals surface area contributed by atoms with Gasteiger partial charge in [-0.1, -0.05) is 163 Å². The summed E-state index contributed by atoms with van der Waals surface area (Å²) in [6.45, 7) is 13.2. The zero-order valence-electron chi connectivity index (χ0n) is 43.3. The molecule has 0 unspecified atom stereocenters. The minimum atomic E-state index is -0.128. The second-order valence-electron chi connectivity index (χ2n) is 23.3. The lowest BCUT2D eigenvalue weighted by Gasteiger charge is -2.42. The highest BCUT2D eigenvalue weighted by atomic mass is 16.5. The van der Waals surface area contributed by atoms with Gasteiger partial charge in [0.25, 0.3) is 13.4 Å². The third-order valence-corrected chi connectivity index (χ3v) is 16.7. The lowest BCUT2D eigenvalue weighted by atomic mass is 9.31. The van der Waals surface area contributed by atoms with Crippen molar-refractivity contribution in [3.05, 3.63) is 211 Å². The van der Waals surface area contributed by atoms with Gasteiger partial charge in [0.15, 0.2) is 0 Å². The van der Waals surface area contributed by atoms with Crippen LogP contribution in [0, 0.1) is 0 Å². The fraction of sp³-hybridized carbons (Fsp3) is 0.118. The highest BCUT2D eigenvalue weighted by molar-refractivity contribution is 7.02. The van der Waals surface area contributed by atoms with Gasteiger partial charge in [-0.3, -0.25) is 0 Å². The van der Waals surface area contributed by atoms with Crippen LogP contribution in [0.5, 0.6) is 34.5 Å². The van der Waals surface area contributed by atoms with E-state index in [1.807, 2.05) is 0 Å². The molecule has 0 atom stereocenters. The van der Waals surface area contributed by atoms with Gasteiger partial charge in [0, 0.05) is 91.3 Å². The number of hydrogen-bond donors (Lipinski definition) is 0. The number of para-hydroxylation sites is 5. The Balaban J connectivity index is 0.957. The van der Waals surface area contributed by atoms with Crippen molar-refractivity contribution in [3.8, 4) is 45.9 Å². The Hall–Kier alpha value is -8.87. The Labute approximate surface area is 442 Å². The topological polar surface area (TPSA) is 40.8 Å². The van der Waals surface area contributed by atoms with Crippen molar-refractivity contribution in [2.45, 2.75) is 52.4 Å². The highest BCUT2D eigenvalue weighted by Gasteiger charge is 2.47. The van der Waals surface area contributed by atoms with Gasteiger partial charge in [0.05, 0.1) is 11.0 Å². The normalized spacial score (nSPS) is 13.7. The summed E-state index contributed by atoms with van der Waals surface area (Å²) >= 11 is 0. The molecule has 0 amide bonds.